The summed E-state index contributed by atoms with van der Waals surface area (Å²) in [5.41, 5.74) is 0.792. The molecular weight excluding hydrogens is 144 g/mol. The fourth-order valence-electron chi connectivity index (χ4n) is 0.846. The SMILES string of the molecule is Cc1ccc(O)c(O)c1C=O. The fraction of sp³-hybridized carbons (Fsp3) is 0.125. The van der Waals surface area contributed by atoms with E-state index in [1.165, 1.54) is 6.07 Å². The Morgan fingerprint density at radius 1 is 1.36 bits per heavy atom. The topological polar surface area (TPSA) is 57.5 Å². The van der Waals surface area contributed by atoms with E-state index in [0.29, 0.717) is 11.8 Å². The van der Waals surface area contributed by atoms with Gasteiger partial charge in [0.2, 0.25) is 0 Å². The van der Waals surface area contributed by atoms with Crippen molar-refractivity contribution in [2.24, 2.45) is 0 Å². The van der Waals surface area contributed by atoms with Crippen molar-refractivity contribution in [3.63, 3.8) is 0 Å². The van der Waals surface area contributed by atoms with Crippen LogP contribution < -0.4 is 0 Å². The fourth-order valence-corrected chi connectivity index (χ4v) is 0.846. The molecule has 0 spiro atoms. The number of benzene rings is 1. The van der Waals surface area contributed by atoms with Gasteiger partial charge in [-0.3, -0.25) is 4.79 Å². The molecule has 1 aromatic rings. The van der Waals surface area contributed by atoms with Crippen LogP contribution in [0.4, 0.5) is 0 Å². The van der Waals surface area contributed by atoms with E-state index < -0.39 is 0 Å². The molecule has 2 N–H and O–H groups in total. The van der Waals surface area contributed by atoms with Gasteiger partial charge in [0.05, 0.1) is 5.56 Å². The number of aldehydes is 1. The summed E-state index contributed by atoms with van der Waals surface area (Å²) in [5, 5.41) is 18.0. The summed E-state index contributed by atoms with van der Waals surface area (Å²) in [6.45, 7) is 1.68. The van der Waals surface area contributed by atoms with Crippen LogP contribution in [0.15, 0.2) is 12.1 Å². The van der Waals surface area contributed by atoms with Crippen LogP contribution in [0.2, 0.25) is 0 Å². The average Bonchev–Trinajstić information content (AvgIpc) is 1.99. The van der Waals surface area contributed by atoms with Crippen molar-refractivity contribution >= 4 is 6.29 Å². The lowest BCUT2D eigenvalue weighted by Crippen LogP contribution is -1.86. The summed E-state index contributed by atoms with van der Waals surface area (Å²) < 4.78 is 0. The molecule has 0 aliphatic carbocycles. The van der Waals surface area contributed by atoms with Gasteiger partial charge in [0.15, 0.2) is 17.8 Å². The molecule has 0 saturated carbocycles. The van der Waals surface area contributed by atoms with E-state index in [9.17, 15) is 4.79 Å². The van der Waals surface area contributed by atoms with Crippen molar-refractivity contribution in [3.8, 4) is 11.5 Å². The van der Waals surface area contributed by atoms with Gasteiger partial charge < -0.3 is 10.2 Å². The molecule has 3 nitrogen and oxygen atoms in total. The minimum atomic E-state index is -0.347. The first-order valence-electron chi connectivity index (χ1n) is 3.13. The number of phenols is 2. The Balaban J connectivity index is 3.40. The molecule has 11 heavy (non-hydrogen) atoms. The first-order valence-corrected chi connectivity index (χ1v) is 3.13. The molecule has 0 saturated heterocycles. The van der Waals surface area contributed by atoms with E-state index in [-0.39, 0.29) is 17.1 Å². The normalized spacial score (nSPS) is 9.55. The van der Waals surface area contributed by atoms with Gasteiger partial charge in [-0.05, 0) is 18.6 Å². The molecule has 0 fully saturated rings. The lowest BCUT2D eigenvalue weighted by molar-refractivity contribution is 0.111. The number of carbonyl (C=O) groups excluding carboxylic acids is 1. The standard InChI is InChI=1S/C8H8O3/c1-5-2-3-7(10)8(11)6(5)4-9/h2-4,10-11H,1H3. The van der Waals surface area contributed by atoms with E-state index in [2.05, 4.69) is 0 Å². The molecular formula is C8H8O3. The molecule has 0 bridgehead atoms. The summed E-state index contributed by atoms with van der Waals surface area (Å²) in [6, 6.07) is 2.91. The maximum atomic E-state index is 10.3. The van der Waals surface area contributed by atoms with Crippen LogP contribution in [0.3, 0.4) is 0 Å². The van der Waals surface area contributed by atoms with Crippen molar-refractivity contribution in [1.29, 1.82) is 0 Å². The second kappa shape index (κ2) is 2.62. The molecule has 0 amide bonds. The highest BCUT2D eigenvalue weighted by molar-refractivity contribution is 5.82. The molecule has 0 aromatic heterocycles. The molecule has 1 rings (SSSR count). The smallest absolute Gasteiger partial charge is 0.168 e. The third-order valence-corrected chi connectivity index (χ3v) is 1.53. The Kier molecular flexibility index (Phi) is 1.81. The quantitative estimate of drug-likeness (QED) is 0.470. The largest absolute Gasteiger partial charge is 0.504 e. The number of hydrogen-bond acceptors (Lipinski definition) is 3. The van der Waals surface area contributed by atoms with Gasteiger partial charge in [0.1, 0.15) is 0 Å². The van der Waals surface area contributed by atoms with Gasteiger partial charge in [-0.2, -0.15) is 0 Å². The number of phenolic OH excluding ortho intramolecular Hbond substituents is 2. The average molecular weight is 152 g/mol. The summed E-state index contributed by atoms with van der Waals surface area (Å²) in [7, 11) is 0. The molecule has 0 atom stereocenters. The number of aromatic hydroxyl groups is 2. The van der Waals surface area contributed by atoms with Crippen molar-refractivity contribution < 1.29 is 15.0 Å². The van der Waals surface area contributed by atoms with E-state index in [1.807, 2.05) is 0 Å². The van der Waals surface area contributed by atoms with Crippen LogP contribution in [0.5, 0.6) is 11.5 Å². The van der Waals surface area contributed by atoms with E-state index in [1.54, 1.807) is 13.0 Å². The second-order valence-electron chi connectivity index (χ2n) is 2.28. The zero-order valence-electron chi connectivity index (χ0n) is 6.03. The molecule has 0 heterocycles. The number of rotatable bonds is 1. The minimum absolute atomic E-state index is 0.144. The van der Waals surface area contributed by atoms with Crippen LogP contribution in [-0.4, -0.2) is 16.5 Å². The van der Waals surface area contributed by atoms with Crippen molar-refractivity contribution in [1.82, 2.24) is 0 Å². The Bertz CT molecular complexity index is 292. The van der Waals surface area contributed by atoms with E-state index in [4.69, 9.17) is 10.2 Å². The zero-order chi connectivity index (χ0) is 8.43. The first-order chi connectivity index (χ1) is 5.16. The van der Waals surface area contributed by atoms with Gasteiger partial charge >= 0.3 is 0 Å². The summed E-state index contributed by atoms with van der Waals surface area (Å²) >= 11 is 0. The highest BCUT2D eigenvalue weighted by Crippen LogP contribution is 2.29. The second-order valence-corrected chi connectivity index (χ2v) is 2.28. The molecule has 58 valence electrons. The Morgan fingerprint density at radius 3 is 2.45 bits per heavy atom. The Hall–Kier alpha value is -1.51. The van der Waals surface area contributed by atoms with Crippen LogP contribution >= 0.6 is 0 Å². The van der Waals surface area contributed by atoms with Gasteiger partial charge in [-0.15, -0.1) is 0 Å². The number of hydrogen-bond donors (Lipinski definition) is 2. The van der Waals surface area contributed by atoms with Gasteiger partial charge in [-0.1, -0.05) is 6.07 Å². The van der Waals surface area contributed by atoms with E-state index >= 15 is 0 Å². The molecule has 0 aliphatic heterocycles. The molecule has 1 aromatic carbocycles. The lowest BCUT2D eigenvalue weighted by atomic mass is 10.1. The molecule has 3 heteroatoms. The van der Waals surface area contributed by atoms with Crippen molar-refractivity contribution in [3.05, 3.63) is 23.3 Å². The highest BCUT2D eigenvalue weighted by atomic mass is 16.3. The highest BCUT2D eigenvalue weighted by Gasteiger charge is 2.07. The summed E-state index contributed by atoms with van der Waals surface area (Å²) in [5.74, 6) is -0.613. The Labute approximate surface area is 63.9 Å². The van der Waals surface area contributed by atoms with Gasteiger partial charge in [-0.25, -0.2) is 0 Å². The zero-order valence-corrected chi connectivity index (χ0v) is 6.03. The maximum Gasteiger partial charge on any atom is 0.168 e. The predicted molar refractivity (Wildman–Crippen MR) is 39.9 cm³/mol. The molecule has 0 unspecified atom stereocenters. The monoisotopic (exact) mass is 152 g/mol. The van der Waals surface area contributed by atoms with Crippen LogP contribution in [0.1, 0.15) is 15.9 Å². The summed E-state index contributed by atoms with van der Waals surface area (Å²) in [6.07, 6.45) is 0.518. The van der Waals surface area contributed by atoms with Crippen LogP contribution in [0.25, 0.3) is 0 Å². The predicted octanol–water partition coefficient (Wildman–Crippen LogP) is 1.22. The minimum Gasteiger partial charge on any atom is -0.504 e. The summed E-state index contributed by atoms with van der Waals surface area (Å²) in [4.78, 5) is 10.3. The van der Waals surface area contributed by atoms with Gasteiger partial charge in [0, 0.05) is 0 Å². The number of carbonyl (C=O) groups is 1. The molecule has 0 aliphatic rings. The Morgan fingerprint density at radius 2 is 2.00 bits per heavy atom. The first kappa shape index (κ1) is 7.60. The van der Waals surface area contributed by atoms with Crippen LogP contribution in [0, 0.1) is 6.92 Å². The third-order valence-electron chi connectivity index (χ3n) is 1.53. The number of aryl methyl sites for hydroxylation is 1. The maximum absolute atomic E-state index is 10.3. The van der Waals surface area contributed by atoms with Crippen LogP contribution in [-0.2, 0) is 0 Å². The lowest BCUT2D eigenvalue weighted by Gasteiger charge is -2.02. The molecule has 0 radical (unpaired) electrons. The third kappa shape index (κ3) is 1.17. The van der Waals surface area contributed by atoms with E-state index in [0.717, 1.165) is 0 Å². The van der Waals surface area contributed by atoms with Crippen molar-refractivity contribution in [2.75, 3.05) is 0 Å². The van der Waals surface area contributed by atoms with Gasteiger partial charge in [0.25, 0.3) is 0 Å². The van der Waals surface area contributed by atoms with Crippen molar-refractivity contribution in [2.45, 2.75) is 6.92 Å².